The van der Waals surface area contributed by atoms with Gasteiger partial charge in [-0.15, -0.1) is 22.7 Å². The number of carbonyl (C=O) groups excluding carboxylic acids is 1. The molecule has 0 fully saturated rings. The molecule has 1 N–H and O–H groups in total. The Morgan fingerprint density at radius 3 is 2.88 bits per heavy atom. The Bertz CT molecular complexity index is 1040. The normalized spacial score (nSPS) is 11.1. The standard InChI is InChI=1S/C19H16FN3OS2/c20-16-6-2-1-5-15(16)17-11-23-13(12-26-19(23)22-17)7-8-18(24)21-10-14-4-3-9-25-14/h1-6,9,11-12H,7-8,10H2,(H,21,24). The second kappa shape index (κ2) is 7.39. The molecular weight excluding hydrogens is 369 g/mol. The largest absolute Gasteiger partial charge is 0.351 e. The number of amides is 1. The number of rotatable bonds is 6. The molecule has 0 saturated carbocycles. The third-order valence-electron chi connectivity index (χ3n) is 4.08. The number of nitrogens with zero attached hydrogens (tertiary/aromatic N) is 2. The molecular formula is C19H16FN3OS2. The molecule has 0 aliphatic rings. The number of hydrogen-bond donors (Lipinski definition) is 1. The van der Waals surface area contributed by atoms with E-state index >= 15 is 0 Å². The monoisotopic (exact) mass is 385 g/mol. The Balaban J connectivity index is 1.44. The Morgan fingerprint density at radius 1 is 1.19 bits per heavy atom. The number of nitrogens with one attached hydrogen (secondary N) is 1. The lowest BCUT2D eigenvalue weighted by Crippen LogP contribution is -2.22. The summed E-state index contributed by atoms with van der Waals surface area (Å²) in [5.74, 6) is -0.264. The van der Waals surface area contributed by atoms with Crippen LogP contribution in [0.4, 0.5) is 4.39 Å². The number of aromatic nitrogens is 2. The average Bonchev–Trinajstić information content (AvgIpc) is 3.36. The van der Waals surface area contributed by atoms with E-state index in [0.29, 0.717) is 30.6 Å². The van der Waals surface area contributed by atoms with Crippen LogP contribution in [0.2, 0.25) is 0 Å². The average molecular weight is 385 g/mol. The van der Waals surface area contributed by atoms with Crippen LogP contribution < -0.4 is 5.32 Å². The first kappa shape index (κ1) is 16.9. The number of halogens is 1. The van der Waals surface area contributed by atoms with Gasteiger partial charge < -0.3 is 5.32 Å². The number of fused-ring (bicyclic) bond motifs is 1. The predicted octanol–water partition coefficient (Wildman–Crippen LogP) is 4.51. The molecule has 4 aromatic rings. The first-order valence-corrected chi connectivity index (χ1v) is 9.96. The fraction of sp³-hybridized carbons (Fsp3) is 0.158. The molecule has 3 aromatic heterocycles. The van der Waals surface area contributed by atoms with Crippen molar-refractivity contribution < 1.29 is 9.18 Å². The topological polar surface area (TPSA) is 46.4 Å². The van der Waals surface area contributed by atoms with E-state index < -0.39 is 0 Å². The molecule has 4 nitrogen and oxygen atoms in total. The highest BCUT2D eigenvalue weighted by molar-refractivity contribution is 7.15. The van der Waals surface area contributed by atoms with Crippen LogP contribution in [0.15, 0.2) is 53.4 Å². The van der Waals surface area contributed by atoms with Crippen LogP contribution in [0.1, 0.15) is 17.0 Å². The molecule has 4 rings (SSSR count). The van der Waals surface area contributed by atoms with Crippen LogP contribution in [0.25, 0.3) is 16.2 Å². The van der Waals surface area contributed by atoms with E-state index in [0.717, 1.165) is 15.5 Å². The summed E-state index contributed by atoms with van der Waals surface area (Å²) in [6.07, 6.45) is 2.86. The van der Waals surface area contributed by atoms with Crippen LogP contribution in [0.5, 0.6) is 0 Å². The van der Waals surface area contributed by atoms with Gasteiger partial charge in [-0.25, -0.2) is 9.37 Å². The molecule has 0 aliphatic heterocycles. The zero-order chi connectivity index (χ0) is 17.9. The molecule has 0 spiro atoms. The summed E-state index contributed by atoms with van der Waals surface area (Å²) in [5.41, 5.74) is 2.10. The van der Waals surface area contributed by atoms with Gasteiger partial charge in [-0.3, -0.25) is 9.20 Å². The van der Waals surface area contributed by atoms with Crippen LogP contribution >= 0.6 is 22.7 Å². The zero-order valence-electron chi connectivity index (χ0n) is 13.8. The fourth-order valence-electron chi connectivity index (χ4n) is 2.74. The van der Waals surface area contributed by atoms with Crippen molar-refractivity contribution in [3.05, 3.63) is 69.7 Å². The van der Waals surface area contributed by atoms with Crippen LogP contribution in [-0.4, -0.2) is 15.3 Å². The highest BCUT2D eigenvalue weighted by Gasteiger charge is 2.13. The number of benzene rings is 1. The molecule has 0 aliphatic carbocycles. The smallest absolute Gasteiger partial charge is 0.220 e. The molecule has 0 bridgehead atoms. The second-order valence-corrected chi connectivity index (χ2v) is 7.71. The number of aryl methyl sites for hydroxylation is 1. The van der Waals surface area contributed by atoms with E-state index in [1.807, 2.05) is 33.5 Å². The summed E-state index contributed by atoms with van der Waals surface area (Å²) in [6.45, 7) is 0.568. The summed E-state index contributed by atoms with van der Waals surface area (Å²) < 4.78 is 15.9. The molecule has 7 heteroatoms. The first-order valence-electron chi connectivity index (χ1n) is 8.20. The van der Waals surface area contributed by atoms with Crippen molar-refractivity contribution in [3.8, 4) is 11.3 Å². The van der Waals surface area contributed by atoms with Crippen molar-refractivity contribution in [2.45, 2.75) is 19.4 Å². The SMILES string of the molecule is O=C(CCc1csc2nc(-c3ccccc3F)cn12)NCc1cccs1. The quantitative estimate of drug-likeness (QED) is 0.531. The lowest BCUT2D eigenvalue weighted by atomic mass is 10.1. The van der Waals surface area contributed by atoms with Gasteiger partial charge in [-0.1, -0.05) is 18.2 Å². The molecule has 0 atom stereocenters. The summed E-state index contributed by atoms with van der Waals surface area (Å²) in [7, 11) is 0. The van der Waals surface area contributed by atoms with Gasteiger partial charge >= 0.3 is 0 Å². The highest BCUT2D eigenvalue weighted by Crippen LogP contribution is 2.26. The van der Waals surface area contributed by atoms with Crippen molar-refractivity contribution >= 4 is 33.5 Å². The lowest BCUT2D eigenvalue weighted by Gasteiger charge is -2.03. The Morgan fingerprint density at radius 2 is 2.08 bits per heavy atom. The van der Waals surface area contributed by atoms with Gasteiger partial charge in [0.15, 0.2) is 4.96 Å². The van der Waals surface area contributed by atoms with Crippen molar-refractivity contribution in [2.75, 3.05) is 0 Å². The Kier molecular flexibility index (Phi) is 4.81. The van der Waals surface area contributed by atoms with E-state index in [4.69, 9.17) is 0 Å². The molecule has 0 unspecified atom stereocenters. The minimum atomic E-state index is -0.284. The van der Waals surface area contributed by atoms with Crippen LogP contribution in [0, 0.1) is 5.82 Å². The molecule has 132 valence electrons. The van der Waals surface area contributed by atoms with Crippen LogP contribution in [-0.2, 0) is 17.8 Å². The second-order valence-electron chi connectivity index (χ2n) is 5.84. The molecule has 0 saturated heterocycles. The molecule has 26 heavy (non-hydrogen) atoms. The van der Waals surface area contributed by atoms with Gasteiger partial charge in [-0.05, 0) is 30.0 Å². The maximum Gasteiger partial charge on any atom is 0.220 e. The van der Waals surface area contributed by atoms with Gasteiger partial charge in [0.2, 0.25) is 5.91 Å². The lowest BCUT2D eigenvalue weighted by molar-refractivity contribution is -0.121. The van der Waals surface area contributed by atoms with E-state index in [-0.39, 0.29) is 11.7 Å². The third-order valence-corrected chi connectivity index (χ3v) is 5.85. The van der Waals surface area contributed by atoms with Crippen molar-refractivity contribution in [1.29, 1.82) is 0 Å². The van der Waals surface area contributed by atoms with E-state index in [1.54, 1.807) is 29.5 Å². The molecule has 0 radical (unpaired) electrons. The fourth-order valence-corrected chi connectivity index (χ4v) is 4.29. The minimum Gasteiger partial charge on any atom is -0.351 e. The maximum atomic E-state index is 14.0. The van der Waals surface area contributed by atoms with Gasteiger partial charge in [-0.2, -0.15) is 0 Å². The van der Waals surface area contributed by atoms with E-state index in [2.05, 4.69) is 10.3 Å². The predicted molar refractivity (Wildman–Crippen MR) is 103 cm³/mol. The summed E-state index contributed by atoms with van der Waals surface area (Å²) >= 11 is 3.13. The van der Waals surface area contributed by atoms with Gasteiger partial charge in [0.1, 0.15) is 5.82 Å². The number of imidazole rings is 1. The van der Waals surface area contributed by atoms with Gasteiger partial charge in [0, 0.05) is 34.1 Å². The van der Waals surface area contributed by atoms with E-state index in [9.17, 15) is 9.18 Å². The van der Waals surface area contributed by atoms with Crippen molar-refractivity contribution in [2.24, 2.45) is 0 Å². The van der Waals surface area contributed by atoms with Crippen molar-refractivity contribution in [1.82, 2.24) is 14.7 Å². The van der Waals surface area contributed by atoms with E-state index in [1.165, 1.54) is 17.4 Å². The number of thiazole rings is 1. The highest BCUT2D eigenvalue weighted by atomic mass is 32.1. The molecule has 3 heterocycles. The Labute approximate surface area is 158 Å². The van der Waals surface area contributed by atoms with Gasteiger partial charge in [0.25, 0.3) is 0 Å². The number of hydrogen-bond acceptors (Lipinski definition) is 4. The summed E-state index contributed by atoms with van der Waals surface area (Å²) in [5, 5.41) is 6.93. The summed E-state index contributed by atoms with van der Waals surface area (Å²) in [6, 6.07) is 10.6. The third kappa shape index (κ3) is 3.54. The molecule has 1 amide bonds. The maximum absolute atomic E-state index is 14.0. The number of carbonyl (C=O) groups is 1. The van der Waals surface area contributed by atoms with Crippen LogP contribution in [0.3, 0.4) is 0 Å². The van der Waals surface area contributed by atoms with Crippen molar-refractivity contribution in [3.63, 3.8) is 0 Å². The van der Waals surface area contributed by atoms with Gasteiger partial charge in [0.05, 0.1) is 12.2 Å². The number of thiophene rings is 1. The first-order chi connectivity index (χ1) is 12.7. The minimum absolute atomic E-state index is 0.0205. The summed E-state index contributed by atoms with van der Waals surface area (Å²) in [4.78, 5) is 18.5. The Hall–Kier alpha value is -2.51. The zero-order valence-corrected chi connectivity index (χ0v) is 15.4. The molecule has 1 aromatic carbocycles.